The molecule has 0 amide bonds. The van der Waals surface area contributed by atoms with Crippen molar-refractivity contribution >= 4 is 17.2 Å². The third-order valence-corrected chi connectivity index (χ3v) is 6.12. The van der Waals surface area contributed by atoms with Crippen molar-refractivity contribution in [3.8, 4) is 0 Å². The van der Waals surface area contributed by atoms with Crippen LogP contribution in [0.4, 0.5) is 5.82 Å². The van der Waals surface area contributed by atoms with Crippen molar-refractivity contribution in [3.63, 3.8) is 0 Å². The minimum absolute atomic E-state index is 0.0785. The number of anilines is 1. The molecule has 0 aliphatic heterocycles. The minimum atomic E-state index is 0.0785. The molecule has 1 N–H and O–H groups in total. The van der Waals surface area contributed by atoms with Crippen LogP contribution in [0.15, 0.2) is 42.6 Å². The topological polar surface area (TPSA) is 59.3 Å². The molecule has 0 radical (unpaired) electrons. The van der Waals surface area contributed by atoms with Crippen molar-refractivity contribution in [2.45, 2.75) is 64.7 Å². The van der Waals surface area contributed by atoms with E-state index < -0.39 is 0 Å². The lowest BCUT2D eigenvalue weighted by atomic mass is 9.86. The zero-order valence-electron chi connectivity index (χ0n) is 18.3. The molecule has 158 valence electrons. The number of nitrogens with one attached hydrogen (secondary N) is 1. The van der Waals surface area contributed by atoms with E-state index in [0.717, 1.165) is 29.3 Å². The van der Waals surface area contributed by atoms with Gasteiger partial charge in [-0.25, -0.2) is 4.98 Å². The number of rotatable bonds is 6. The summed E-state index contributed by atoms with van der Waals surface area (Å²) >= 11 is 0. The van der Waals surface area contributed by atoms with Gasteiger partial charge in [-0.2, -0.15) is 9.61 Å². The molecule has 0 unspecified atom stereocenters. The van der Waals surface area contributed by atoms with Crippen molar-refractivity contribution < 1.29 is 4.79 Å². The maximum absolute atomic E-state index is 12.9. The molecule has 4 rings (SSSR count). The maximum Gasteiger partial charge on any atom is 0.168 e. The summed E-state index contributed by atoms with van der Waals surface area (Å²) in [5.74, 6) is 1.72. The first-order chi connectivity index (χ1) is 14.4. The number of carbonyl (C=O) groups excluding carboxylic acids is 1. The first-order valence-corrected chi connectivity index (χ1v) is 11.1. The number of nitrogens with zero attached hydrogens (tertiary/aromatic N) is 3. The molecule has 5 heteroatoms. The Bertz CT molecular complexity index is 1010. The molecule has 0 spiro atoms. The highest BCUT2D eigenvalue weighted by molar-refractivity contribution is 5.97. The molecule has 30 heavy (non-hydrogen) atoms. The smallest absolute Gasteiger partial charge is 0.168 e. The molecule has 0 bridgehead atoms. The Hall–Kier alpha value is -2.69. The molecular weight excluding hydrogens is 372 g/mol. The van der Waals surface area contributed by atoms with E-state index >= 15 is 0 Å². The van der Waals surface area contributed by atoms with E-state index in [1.54, 1.807) is 6.20 Å². The fraction of sp³-hybridized carbons (Fsp3) is 0.480. The highest BCUT2D eigenvalue weighted by Gasteiger charge is 2.17. The first kappa shape index (κ1) is 20.6. The average Bonchev–Trinajstić information content (AvgIpc) is 3.21. The number of benzene rings is 1. The van der Waals surface area contributed by atoms with Crippen LogP contribution in [0.1, 0.15) is 74.5 Å². The van der Waals surface area contributed by atoms with Gasteiger partial charge in [0.1, 0.15) is 5.82 Å². The quantitative estimate of drug-likeness (QED) is 0.556. The molecular formula is C25H32N4O. The fourth-order valence-electron chi connectivity index (χ4n) is 4.24. The summed E-state index contributed by atoms with van der Waals surface area (Å²) in [6, 6.07) is 11.8. The van der Waals surface area contributed by atoms with Crippen LogP contribution in [-0.4, -0.2) is 26.9 Å². The van der Waals surface area contributed by atoms with Gasteiger partial charge in [0.15, 0.2) is 11.4 Å². The van der Waals surface area contributed by atoms with Crippen molar-refractivity contribution in [2.75, 3.05) is 11.9 Å². The molecule has 1 fully saturated rings. The highest BCUT2D eigenvalue weighted by Crippen LogP contribution is 2.25. The van der Waals surface area contributed by atoms with Gasteiger partial charge in [-0.15, -0.1) is 0 Å². The zero-order chi connectivity index (χ0) is 21.1. The van der Waals surface area contributed by atoms with Crippen molar-refractivity contribution in [1.82, 2.24) is 14.6 Å². The molecule has 5 nitrogen and oxygen atoms in total. The predicted octanol–water partition coefficient (Wildman–Crippen LogP) is 5.44. The van der Waals surface area contributed by atoms with Crippen molar-refractivity contribution in [1.29, 1.82) is 0 Å². The number of ketones is 1. The minimum Gasteiger partial charge on any atom is -0.370 e. The Kier molecular flexibility index (Phi) is 5.89. The van der Waals surface area contributed by atoms with E-state index in [1.807, 2.05) is 28.8 Å². The van der Waals surface area contributed by atoms with Gasteiger partial charge >= 0.3 is 0 Å². The fourth-order valence-corrected chi connectivity index (χ4v) is 4.24. The van der Waals surface area contributed by atoms with Crippen molar-refractivity contribution in [2.24, 2.45) is 5.92 Å². The van der Waals surface area contributed by atoms with Crippen LogP contribution in [0.25, 0.3) is 5.65 Å². The molecule has 3 aromatic rings. The Morgan fingerprint density at radius 1 is 1.10 bits per heavy atom. The van der Waals surface area contributed by atoms with Gasteiger partial charge in [0.25, 0.3) is 0 Å². The second-order valence-corrected chi connectivity index (χ2v) is 9.55. The number of hydrogen-bond donors (Lipinski definition) is 1. The number of hydrogen-bond acceptors (Lipinski definition) is 4. The third-order valence-electron chi connectivity index (χ3n) is 6.12. The number of carbonyl (C=O) groups is 1. The van der Waals surface area contributed by atoms with Gasteiger partial charge in [0, 0.05) is 24.2 Å². The number of fused-ring (bicyclic) bond motifs is 1. The van der Waals surface area contributed by atoms with Gasteiger partial charge in [0.05, 0.1) is 18.3 Å². The van der Waals surface area contributed by atoms with Crippen LogP contribution >= 0.6 is 0 Å². The largest absolute Gasteiger partial charge is 0.370 e. The Morgan fingerprint density at radius 3 is 2.53 bits per heavy atom. The second-order valence-electron chi connectivity index (χ2n) is 9.55. The van der Waals surface area contributed by atoms with Gasteiger partial charge in [0.2, 0.25) is 0 Å². The van der Waals surface area contributed by atoms with Crippen molar-refractivity contribution in [3.05, 3.63) is 59.4 Å². The van der Waals surface area contributed by atoms with E-state index in [0.29, 0.717) is 5.92 Å². The van der Waals surface area contributed by atoms with Gasteiger partial charge in [-0.1, -0.05) is 64.3 Å². The lowest BCUT2D eigenvalue weighted by Gasteiger charge is -2.22. The molecule has 1 aromatic carbocycles. The molecule has 2 heterocycles. The maximum atomic E-state index is 12.9. The first-order valence-electron chi connectivity index (χ1n) is 11.1. The van der Waals surface area contributed by atoms with E-state index in [4.69, 9.17) is 0 Å². The summed E-state index contributed by atoms with van der Waals surface area (Å²) in [5.41, 5.74) is 3.59. The van der Waals surface area contributed by atoms with Gasteiger partial charge < -0.3 is 5.32 Å². The Morgan fingerprint density at radius 2 is 1.83 bits per heavy atom. The highest BCUT2D eigenvalue weighted by atomic mass is 16.1. The summed E-state index contributed by atoms with van der Waals surface area (Å²) in [6.45, 7) is 7.48. The molecule has 0 atom stereocenters. The molecule has 1 aliphatic rings. The van der Waals surface area contributed by atoms with E-state index in [2.05, 4.69) is 48.3 Å². The molecule has 1 aliphatic carbocycles. The Balaban J connectivity index is 1.50. The Labute approximate surface area is 178 Å². The molecule has 0 saturated heterocycles. The standard InChI is InChI=1S/C25H32N4O/c1-25(2,3)20-11-9-19(10-12-20)22(30)15-21-16-24(29-23(28-21)13-14-27-29)26-17-18-7-5-4-6-8-18/h9-14,16,18,26H,4-8,15,17H2,1-3H3. The average molecular weight is 405 g/mol. The van der Waals surface area contributed by atoms with Crippen LogP contribution in [-0.2, 0) is 11.8 Å². The van der Waals surface area contributed by atoms with Crippen LogP contribution in [0.5, 0.6) is 0 Å². The number of Topliss-reactive ketones (excluding diaryl/α,β-unsaturated/α-hetero) is 1. The summed E-state index contributed by atoms with van der Waals surface area (Å²) < 4.78 is 1.83. The molecule has 1 saturated carbocycles. The van der Waals surface area contributed by atoms with Crippen LogP contribution in [0, 0.1) is 5.92 Å². The molecule has 2 aromatic heterocycles. The van der Waals surface area contributed by atoms with E-state index in [-0.39, 0.29) is 17.6 Å². The lowest BCUT2D eigenvalue weighted by molar-refractivity contribution is 0.0992. The lowest BCUT2D eigenvalue weighted by Crippen LogP contribution is -2.19. The normalized spacial score (nSPS) is 15.4. The van der Waals surface area contributed by atoms with Gasteiger partial charge in [-0.05, 0) is 29.7 Å². The summed E-state index contributed by atoms with van der Waals surface area (Å²) in [6.07, 6.45) is 8.63. The summed E-state index contributed by atoms with van der Waals surface area (Å²) in [4.78, 5) is 17.5. The van der Waals surface area contributed by atoms with E-state index in [1.165, 1.54) is 37.7 Å². The zero-order valence-corrected chi connectivity index (χ0v) is 18.3. The van der Waals surface area contributed by atoms with Crippen LogP contribution < -0.4 is 5.32 Å². The van der Waals surface area contributed by atoms with E-state index in [9.17, 15) is 4.79 Å². The van der Waals surface area contributed by atoms with Crippen LogP contribution in [0.2, 0.25) is 0 Å². The van der Waals surface area contributed by atoms with Crippen LogP contribution in [0.3, 0.4) is 0 Å². The second kappa shape index (κ2) is 8.58. The summed E-state index contributed by atoms with van der Waals surface area (Å²) in [5, 5.41) is 7.97. The number of aromatic nitrogens is 3. The third kappa shape index (κ3) is 4.72. The predicted molar refractivity (Wildman–Crippen MR) is 121 cm³/mol. The monoisotopic (exact) mass is 404 g/mol. The summed E-state index contributed by atoms with van der Waals surface area (Å²) in [7, 11) is 0. The van der Waals surface area contributed by atoms with Gasteiger partial charge in [-0.3, -0.25) is 4.79 Å². The SMILES string of the molecule is CC(C)(C)c1ccc(C(=O)Cc2cc(NCC3CCCCC3)n3nccc3n2)cc1.